The van der Waals surface area contributed by atoms with E-state index in [-0.39, 0.29) is 17.9 Å². The van der Waals surface area contributed by atoms with Crippen LogP contribution in [0.5, 0.6) is 11.5 Å². The normalized spacial score (nSPS) is 21.3. The number of anilines is 1. The van der Waals surface area contributed by atoms with Gasteiger partial charge in [0, 0.05) is 34.9 Å². The predicted molar refractivity (Wildman–Crippen MR) is 128 cm³/mol. The van der Waals surface area contributed by atoms with Gasteiger partial charge in [0.2, 0.25) is 0 Å². The molecule has 1 fully saturated rings. The molecule has 0 aromatic heterocycles. The minimum absolute atomic E-state index is 0.126. The molecule has 2 aliphatic heterocycles. The fourth-order valence-corrected chi connectivity index (χ4v) is 5.60. The SMILES string of the molecule is C=C1C[C@H]2C(O)N(C(=O)OC[C@@H](C)SSCC)c3cc(OC)c(OC)cc3C(=C)N2C1. The Balaban J connectivity index is 2.00. The number of amides is 1. The molecule has 2 heterocycles. The van der Waals surface area contributed by atoms with Gasteiger partial charge in [-0.2, -0.15) is 0 Å². The highest BCUT2D eigenvalue weighted by Gasteiger charge is 2.44. The average Bonchev–Trinajstić information content (AvgIpc) is 3.13. The van der Waals surface area contributed by atoms with Crippen LogP contribution < -0.4 is 14.4 Å². The lowest BCUT2D eigenvalue weighted by molar-refractivity contribution is 0.0838. The quantitative estimate of drug-likeness (QED) is 0.469. The van der Waals surface area contributed by atoms with Crippen LogP contribution >= 0.6 is 21.6 Å². The molecular weight excluding hydrogens is 436 g/mol. The first-order valence-corrected chi connectivity index (χ1v) is 12.5. The van der Waals surface area contributed by atoms with E-state index in [1.54, 1.807) is 40.8 Å². The standard InChI is InChI=1S/C22H30N2O5S2/c1-7-30-31-14(3)12-29-22(26)24-17-10-20(28-6)19(27-5)9-16(17)15(4)23-11-13(2)8-18(23)21(24)25/h9-10,14,18,21,25H,2,4,7-8,11-12H2,1,3,5-6H3/t14-,18+,21?/m1/s1. The molecule has 1 N–H and O–H groups in total. The number of carbonyl (C=O) groups excluding carboxylic acids is 1. The summed E-state index contributed by atoms with van der Waals surface area (Å²) in [6.45, 7) is 13.2. The molecule has 0 bridgehead atoms. The molecule has 9 heteroatoms. The number of nitrogens with zero attached hydrogens (tertiary/aromatic N) is 2. The third kappa shape index (κ3) is 4.78. The zero-order valence-corrected chi connectivity index (χ0v) is 20.1. The summed E-state index contributed by atoms with van der Waals surface area (Å²) in [5.74, 6) is 1.95. The Hall–Kier alpha value is -1.97. The number of ether oxygens (including phenoxy) is 3. The number of aliphatic hydroxyl groups excluding tert-OH is 1. The number of fused-ring (bicyclic) bond motifs is 2. The third-order valence-corrected chi connectivity index (χ3v) is 8.25. The van der Waals surface area contributed by atoms with Gasteiger partial charge in [-0.3, -0.25) is 0 Å². The molecule has 7 nitrogen and oxygen atoms in total. The molecule has 0 spiro atoms. The van der Waals surface area contributed by atoms with Crippen molar-refractivity contribution in [3.05, 3.63) is 36.4 Å². The van der Waals surface area contributed by atoms with Gasteiger partial charge >= 0.3 is 6.09 Å². The summed E-state index contributed by atoms with van der Waals surface area (Å²) in [5.41, 5.74) is 2.82. The smallest absolute Gasteiger partial charge is 0.416 e. The molecule has 3 atom stereocenters. The molecular formula is C22H30N2O5S2. The Bertz CT molecular complexity index is 863. The molecule has 170 valence electrons. The van der Waals surface area contributed by atoms with Crippen LogP contribution in [0.1, 0.15) is 25.8 Å². The van der Waals surface area contributed by atoms with Crippen molar-refractivity contribution in [2.45, 2.75) is 37.8 Å². The number of methoxy groups -OCH3 is 2. The van der Waals surface area contributed by atoms with Crippen molar-refractivity contribution >= 4 is 39.1 Å². The first-order chi connectivity index (χ1) is 14.8. The second-order valence-electron chi connectivity index (χ2n) is 7.49. The van der Waals surface area contributed by atoms with Gasteiger partial charge in [-0.05, 0) is 19.4 Å². The second kappa shape index (κ2) is 10.1. The number of carbonyl (C=O) groups is 1. The maximum absolute atomic E-state index is 13.2. The van der Waals surface area contributed by atoms with Crippen LogP contribution in [0.25, 0.3) is 5.70 Å². The molecule has 0 aliphatic carbocycles. The van der Waals surface area contributed by atoms with Gasteiger partial charge in [-0.15, -0.1) is 0 Å². The summed E-state index contributed by atoms with van der Waals surface area (Å²) in [6, 6.07) is 3.11. The summed E-state index contributed by atoms with van der Waals surface area (Å²) >= 11 is 0. The maximum Gasteiger partial charge on any atom is 0.416 e. The second-order valence-corrected chi connectivity index (χ2v) is 10.6. The third-order valence-electron chi connectivity index (χ3n) is 5.31. The van der Waals surface area contributed by atoms with Gasteiger partial charge in [0.25, 0.3) is 0 Å². The number of rotatable bonds is 7. The molecule has 1 aromatic carbocycles. The highest BCUT2D eigenvalue weighted by Crippen LogP contribution is 2.45. The summed E-state index contributed by atoms with van der Waals surface area (Å²) in [4.78, 5) is 16.5. The summed E-state index contributed by atoms with van der Waals surface area (Å²) in [7, 11) is 6.48. The van der Waals surface area contributed by atoms with Gasteiger partial charge in [0.15, 0.2) is 17.7 Å². The fraction of sp³-hybridized carbons (Fsp3) is 0.500. The van der Waals surface area contributed by atoms with Crippen molar-refractivity contribution in [3.8, 4) is 11.5 Å². The van der Waals surface area contributed by atoms with Crippen LogP contribution in [-0.4, -0.2) is 66.7 Å². The zero-order chi connectivity index (χ0) is 22.7. The molecule has 1 amide bonds. The van der Waals surface area contributed by atoms with E-state index in [9.17, 15) is 9.90 Å². The monoisotopic (exact) mass is 466 g/mol. The summed E-state index contributed by atoms with van der Waals surface area (Å²) in [5, 5.41) is 11.4. The van der Waals surface area contributed by atoms with Crippen molar-refractivity contribution in [1.29, 1.82) is 0 Å². The summed E-state index contributed by atoms with van der Waals surface area (Å²) < 4.78 is 16.5. The highest BCUT2D eigenvalue weighted by molar-refractivity contribution is 8.76. The lowest BCUT2D eigenvalue weighted by Gasteiger charge is -2.32. The van der Waals surface area contributed by atoms with E-state index in [4.69, 9.17) is 14.2 Å². The molecule has 2 aliphatic rings. The lowest BCUT2D eigenvalue weighted by atomic mass is 10.1. The Labute approximate surface area is 191 Å². The minimum atomic E-state index is -1.13. The van der Waals surface area contributed by atoms with E-state index in [1.165, 1.54) is 12.0 Å². The molecule has 3 rings (SSSR count). The number of hydrogen-bond donors (Lipinski definition) is 1. The molecule has 1 unspecified atom stereocenters. The van der Waals surface area contributed by atoms with Crippen LogP contribution in [0.3, 0.4) is 0 Å². The molecule has 0 saturated carbocycles. The van der Waals surface area contributed by atoms with E-state index in [0.717, 1.165) is 11.3 Å². The van der Waals surface area contributed by atoms with E-state index in [2.05, 4.69) is 20.1 Å². The average molecular weight is 467 g/mol. The van der Waals surface area contributed by atoms with Crippen LogP contribution in [0.2, 0.25) is 0 Å². The fourth-order valence-electron chi connectivity index (χ4n) is 3.84. The number of hydrogen-bond acceptors (Lipinski definition) is 8. The minimum Gasteiger partial charge on any atom is -0.493 e. The number of aliphatic hydroxyl groups is 1. The molecule has 1 saturated heterocycles. The summed E-state index contributed by atoms with van der Waals surface area (Å²) in [6.07, 6.45) is -1.18. The van der Waals surface area contributed by atoms with Crippen molar-refractivity contribution in [3.63, 3.8) is 0 Å². The maximum atomic E-state index is 13.2. The Kier molecular flexibility index (Phi) is 7.72. The first kappa shape index (κ1) is 23.7. The van der Waals surface area contributed by atoms with Crippen molar-refractivity contribution < 1.29 is 24.1 Å². The predicted octanol–water partition coefficient (Wildman–Crippen LogP) is 4.37. The van der Waals surface area contributed by atoms with Crippen molar-refractivity contribution in [2.24, 2.45) is 0 Å². The van der Waals surface area contributed by atoms with Crippen LogP contribution in [0.4, 0.5) is 10.5 Å². The van der Waals surface area contributed by atoms with E-state index < -0.39 is 12.3 Å². The largest absolute Gasteiger partial charge is 0.493 e. The van der Waals surface area contributed by atoms with Crippen LogP contribution in [0.15, 0.2) is 30.9 Å². The van der Waals surface area contributed by atoms with Crippen LogP contribution in [0, 0.1) is 0 Å². The Morgan fingerprint density at radius 1 is 1.29 bits per heavy atom. The van der Waals surface area contributed by atoms with Gasteiger partial charge < -0.3 is 24.2 Å². The van der Waals surface area contributed by atoms with Crippen LogP contribution in [-0.2, 0) is 4.74 Å². The lowest BCUT2D eigenvalue weighted by Crippen LogP contribution is -2.50. The van der Waals surface area contributed by atoms with Gasteiger partial charge in [0.05, 0.1) is 25.9 Å². The zero-order valence-electron chi connectivity index (χ0n) is 18.4. The highest BCUT2D eigenvalue weighted by atomic mass is 33.1. The van der Waals surface area contributed by atoms with Crippen molar-refractivity contribution in [2.75, 3.05) is 38.0 Å². The first-order valence-electron chi connectivity index (χ1n) is 10.1. The van der Waals surface area contributed by atoms with Crippen molar-refractivity contribution in [1.82, 2.24) is 4.90 Å². The number of benzene rings is 1. The van der Waals surface area contributed by atoms with E-state index in [0.29, 0.717) is 41.4 Å². The molecule has 0 radical (unpaired) electrons. The van der Waals surface area contributed by atoms with Gasteiger partial charge in [-0.25, -0.2) is 9.69 Å². The van der Waals surface area contributed by atoms with Gasteiger partial charge in [0.1, 0.15) is 6.61 Å². The molecule has 31 heavy (non-hydrogen) atoms. The van der Waals surface area contributed by atoms with E-state index >= 15 is 0 Å². The Morgan fingerprint density at radius 3 is 2.61 bits per heavy atom. The Morgan fingerprint density at radius 2 is 1.97 bits per heavy atom. The van der Waals surface area contributed by atoms with E-state index in [1.807, 2.05) is 11.8 Å². The topological polar surface area (TPSA) is 71.5 Å². The van der Waals surface area contributed by atoms with Gasteiger partial charge in [-0.1, -0.05) is 47.2 Å². The molecule has 1 aromatic rings.